The fourth-order valence-corrected chi connectivity index (χ4v) is 3.02. The Kier molecular flexibility index (Phi) is 3.49. The van der Waals surface area contributed by atoms with Crippen molar-refractivity contribution < 1.29 is 17.7 Å². The first-order valence-corrected chi connectivity index (χ1v) is 7.28. The summed E-state index contributed by atoms with van der Waals surface area (Å²) >= 11 is 0. The molecule has 1 N–H and O–H groups in total. The third-order valence-corrected chi connectivity index (χ3v) is 4.20. The Morgan fingerprint density at radius 1 is 1.28 bits per heavy atom. The largest absolute Gasteiger partial charge is 0.495 e. The number of benzene rings is 1. The number of hydrogen-bond acceptors (Lipinski definition) is 4. The van der Waals surface area contributed by atoms with Gasteiger partial charge in [0.1, 0.15) is 10.6 Å². The molecule has 1 aliphatic heterocycles. The second-order valence-electron chi connectivity index (χ2n) is 4.46. The quantitative estimate of drug-likeness (QED) is 0.850. The summed E-state index contributed by atoms with van der Waals surface area (Å²) in [5.74, 6) is 0.482. The smallest absolute Gasteiger partial charge is 0.294 e. The molecule has 0 radical (unpaired) electrons. The summed E-state index contributed by atoms with van der Waals surface area (Å²) in [5, 5.41) is 0. The molecule has 2 rings (SSSR count). The molecule has 18 heavy (non-hydrogen) atoms. The molecule has 0 spiro atoms. The zero-order chi connectivity index (χ0) is 13.3. The van der Waals surface area contributed by atoms with E-state index in [9.17, 15) is 8.42 Å². The standard InChI is InChI=1S/C12H17NO4S/c1-9-7-10(13-5-3-4-6-13)11(17-2)8-12(9)18(14,15)16/h7-8H,3-6H2,1-2H3,(H,14,15,16). The van der Waals surface area contributed by atoms with Gasteiger partial charge in [0.25, 0.3) is 10.1 Å². The molecular formula is C12H17NO4S. The fourth-order valence-electron chi connectivity index (χ4n) is 2.30. The van der Waals surface area contributed by atoms with Crippen LogP contribution in [0.3, 0.4) is 0 Å². The normalized spacial score (nSPS) is 16.1. The second-order valence-corrected chi connectivity index (χ2v) is 5.85. The maximum absolute atomic E-state index is 11.2. The molecule has 6 heteroatoms. The molecule has 100 valence electrons. The predicted octanol–water partition coefficient (Wildman–Crippen LogP) is 1.85. The molecule has 1 aliphatic rings. The highest BCUT2D eigenvalue weighted by Gasteiger charge is 2.21. The van der Waals surface area contributed by atoms with Gasteiger partial charge in [0.2, 0.25) is 0 Å². The average molecular weight is 271 g/mol. The summed E-state index contributed by atoms with van der Waals surface area (Å²) in [6, 6.07) is 3.14. The van der Waals surface area contributed by atoms with Crippen LogP contribution in [0.5, 0.6) is 5.75 Å². The number of anilines is 1. The molecule has 1 fully saturated rings. The van der Waals surface area contributed by atoms with E-state index in [0.717, 1.165) is 31.6 Å². The van der Waals surface area contributed by atoms with Crippen molar-refractivity contribution in [2.24, 2.45) is 0 Å². The third kappa shape index (κ3) is 2.44. The maximum Gasteiger partial charge on any atom is 0.294 e. The molecule has 1 heterocycles. The third-order valence-electron chi connectivity index (χ3n) is 3.20. The van der Waals surface area contributed by atoms with Crippen molar-refractivity contribution >= 4 is 15.8 Å². The minimum absolute atomic E-state index is 0.0951. The second kappa shape index (κ2) is 4.78. The van der Waals surface area contributed by atoms with Crippen LogP contribution in [0.2, 0.25) is 0 Å². The van der Waals surface area contributed by atoms with Crippen LogP contribution in [0.1, 0.15) is 18.4 Å². The van der Waals surface area contributed by atoms with Gasteiger partial charge < -0.3 is 9.64 Å². The summed E-state index contributed by atoms with van der Waals surface area (Å²) in [6.07, 6.45) is 2.25. The van der Waals surface area contributed by atoms with E-state index in [1.807, 2.05) is 0 Å². The van der Waals surface area contributed by atoms with Crippen molar-refractivity contribution in [3.8, 4) is 5.75 Å². The van der Waals surface area contributed by atoms with Gasteiger partial charge in [0, 0.05) is 19.2 Å². The Balaban J connectivity index is 2.52. The predicted molar refractivity (Wildman–Crippen MR) is 69.0 cm³/mol. The lowest BCUT2D eigenvalue weighted by atomic mass is 10.2. The first kappa shape index (κ1) is 13.2. The average Bonchev–Trinajstić information content (AvgIpc) is 2.80. The van der Waals surface area contributed by atoms with Crippen molar-refractivity contribution in [1.82, 2.24) is 0 Å². The highest BCUT2D eigenvalue weighted by atomic mass is 32.2. The van der Waals surface area contributed by atoms with Gasteiger partial charge in [-0.15, -0.1) is 0 Å². The number of methoxy groups -OCH3 is 1. The van der Waals surface area contributed by atoms with E-state index >= 15 is 0 Å². The van der Waals surface area contributed by atoms with Crippen molar-refractivity contribution in [3.63, 3.8) is 0 Å². The molecule has 0 amide bonds. The highest BCUT2D eigenvalue weighted by molar-refractivity contribution is 7.85. The Labute approximate surface area is 107 Å². The van der Waals surface area contributed by atoms with Crippen molar-refractivity contribution in [1.29, 1.82) is 0 Å². The highest BCUT2D eigenvalue weighted by Crippen LogP contribution is 2.35. The fraction of sp³-hybridized carbons (Fsp3) is 0.500. The number of nitrogens with zero attached hydrogens (tertiary/aromatic N) is 1. The van der Waals surface area contributed by atoms with Gasteiger partial charge in [-0.25, -0.2) is 0 Å². The van der Waals surface area contributed by atoms with Gasteiger partial charge in [0.15, 0.2) is 0 Å². The van der Waals surface area contributed by atoms with Gasteiger partial charge in [-0.05, 0) is 31.4 Å². The van der Waals surface area contributed by atoms with Gasteiger partial charge in [-0.1, -0.05) is 0 Å². The number of aryl methyl sites for hydroxylation is 1. The summed E-state index contributed by atoms with van der Waals surface area (Å²) in [5.41, 5.74) is 1.42. The molecule has 1 aromatic carbocycles. The summed E-state index contributed by atoms with van der Waals surface area (Å²) in [4.78, 5) is 2.07. The number of ether oxygens (including phenoxy) is 1. The zero-order valence-electron chi connectivity index (χ0n) is 10.5. The van der Waals surface area contributed by atoms with Crippen LogP contribution in [0.4, 0.5) is 5.69 Å². The molecular weight excluding hydrogens is 254 g/mol. The van der Waals surface area contributed by atoms with E-state index in [0.29, 0.717) is 11.3 Å². The van der Waals surface area contributed by atoms with E-state index < -0.39 is 10.1 Å². The molecule has 1 saturated heterocycles. The Hall–Kier alpha value is -1.27. The van der Waals surface area contributed by atoms with Gasteiger partial charge >= 0.3 is 0 Å². The lowest BCUT2D eigenvalue weighted by Crippen LogP contribution is -2.19. The SMILES string of the molecule is COc1cc(S(=O)(=O)O)c(C)cc1N1CCCC1. The lowest BCUT2D eigenvalue weighted by Gasteiger charge is -2.22. The minimum Gasteiger partial charge on any atom is -0.495 e. The van der Waals surface area contributed by atoms with Crippen LogP contribution < -0.4 is 9.64 Å². The van der Waals surface area contributed by atoms with Crippen LogP contribution in [-0.4, -0.2) is 33.2 Å². The molecule has 5 nitrogen and oxygen atoms in total. The Bertz CT molecular complexity index is 547. The molecule has 1 aromatic rings. The maximum atomic E-state index is 11.2. The van der Waals surface area contributed by atoms with Crippen LogP contribution in [-0.2, 0) is 10.1 Å². The Morgan fingerprint density at radius 3 is 2.39 bits per heavy atom. The number of rotatable bonds is 3. The van der Waals surface area contributed by atoms with Crippen molar-refractivity contribution in [2.45, 2.75) is 24.7 Å². The van der Waals surface area contributed by atoms with Crippen LogP contribution in [0.15, 0.2) is 17.0 Å². The summed E-state index contributed by atoms with van der Waals surface area (Å²) in [7, 11) is -2.71. The van der Waals surface area contributed by atoms with E-state index in [4.69, 9.17) is 9.29 Å². The van der Waals surface area contributed by atoms with E-state index in [2.05, 4.69) is 4.90 Å². The first-order valence-electron chi connectivity index (χ1n) is 5.84. The van der Waals surface area contributed by atoms with Gasteiger partial charge in [-0.2, -0.15) is 8.42 Å². The van der Waals surface area contributed by atoms with Crippen LogP contribution in [0, 0.1) is 6.92 Å². The van der Waals surface area contributed by atoms with Crippen LogP contribution in [0.25, 0.3) is 0 Å². The molecule has 0 unspecified atom stereocenters. The number of hydrogen-bond donors (Lipinski definition) is 1. The molecule has 0 aliphatic carbocycles. The minimum atomic E-state index is -4.20. The zero-order valence-corrected chi connectivity index (χ0v) is 11.3. The lowest BCUT2D eigenvalue weighted by molar-refractivity contribution is 0.412. The topological polar surface area (TPSA) is 66.8 Å². The van der Waals surface area contributed by atoms with E-state index in [1.165, 1.54) is 13.2 Å². The molecule has 0 bridgehead atoms. The van der Waals surface area contributed by atoms with Crippen molar-refractivity contribution in [2.75, 3.05) is 25.1 Å². The van der Waals surface area contributed by atoms with Crippen molar-refractivity contribution in [3.05, 3.63) is 17.7 Å². The van der Waals surface area contributed by atoms with Crippen LogP contribution >= 0.6 is 0 Å². The molecule has 0 atom stereocenters. The monoisotopic (exact) mass is 271 g/mol. The molecule has 0 aromatic heterocycles. The summed E-state index contributed by atoms with van der Waals surface area (Å²) in [6.45, 7) is 3.56. The molecule has 0 saturated carbocycles. The van der Waals surface area contributed by atoms with E-state index in [1.54, 1.807) is 13.0 Å². The van der Waals surface area contributed by atoms with Gasteiger partial charge in [0.05, 0.1) is 12.8 Å². The Morgan fingerprint density at radius 2 is 1.89 bits per heavy atom. The van der Waals surface area contributed by atoms with Gasteiger partial charge in [-0.3, -0.25) is 4.55 Å². The van der Waals surface area contributed by atoms with E-state index in [-0.39, 0.29) is 4.90 Å². The summed E-state index contributed by atoms with van der Waals surface area (Å²) < 4.78 is 36.9. The first-order chi connectivity index (χ1) is 8.43.